The molecule has 0 saturated carbocycles. The Kier molecular flexibility index (Phi) is 4.43. The zero-order chi connectivity index (χ0) is 19.7. The van der Waals surface area contributed by atoms with Crippen LogP contribution in [0.4, 0.5) is 0 Å². The van der Waals surface area contributed by atoms with Crippen LogP contribution in [-0.4, -0.2) is 50.1 Å². The molecule has 142 valence electrons. The summed E-state index contributed by atoms with van der Waals surface area (Å²) in [6.07, 6.45) is 1.69. The molecule has 0 bridgehead atoms. The van der Waals surface area contributed by atoms with Crippen molar-refractivity contribution in [1.29, 1.82) is 0 Å². The van der Waals surface area contributed by atoms with Gasteiger partial charge in [-0.25, -0.2) is 9.67 Å². The lowest BCUT2D eigenvalue weighted by atomic mass is 10.0. The first-order valence-electron chi connectivity index (χ1n) is 9.10. The second-order valence-electron chi connectivity index (χ2n) is 7.47. The molecule has 1 aliphatic rings. The Morgan fingerprint density at radius 3 is 2.54 bits per heavy atom. The summed E-state index contributed by atoms with van der Waals surface area (Å²) in [6.45, 7) is 4.24. The summed E-state index contributed by atoms with van der Waals surface area (Å²) in [7, 11) is 0. The SMILES string of the molecule is CC1(C)CN(C(=O)c2cc(-c3ccccc3)n(-c3ccccn3)n2)CC(=O)N1. The monoisotopic (exact) mass is 375 g/mol. The van der Waals surface area contributed by atoms with E-state index in [9.17, 15) is 9.59 Å². The first-order valence-corrected chi connectivity index (χ1v) is 9.10. The molecule has 1 saturated heterocycles. The van der Waals surface area contributed by atoms with Gasteiger partial charge in [-0.2, -0.15) is 5.10 Å². The van der Waals surface area contributed by atoms with E-state index < -0.39 is 5.54 Å². The standard InChI is InChI=1S/C21H21N5O2/c1-21(2)14-25(13-19(27)23-21)20(28)16-12-17(15-8-4-3-5-9-15)26(24-16)18-10-6-7-11-22-18/h3-12H,13-14H2,1-2H3,(H,23,27). The quantitative estimate of drug-likeness (QED) is 0.762. The van der Waals surface area contributed by atoms with Crippen molar-refractivity contribution in [1.82, 2.24) is 25.0 Å². The minimum atomic E-state index is -0.475. The molecule has 3 aromatic rings. The number of carbonyl (C=O) groups excluding carboxylic acids is 2. The summed E-state index contributed by atoms with van der Waals surface area (Å²) < 4.78 is 1.66. The van der Waals surface area contributed by atoms with Gasteiger partial charge in [-0.05, 0) is 32.0 Å². The molecule has 1 aliphatic heterocycles. The van der Waals surface area contributed by atoms with Crippen molar-refractivity contribution < 1.29 is 9.59 Å². The maximum Gasteiger partial charge on any atom is 0.274 e. The maximum absolute atomic E-state index is 13.1. The van der Waals surface area contributed by atoms with Crippen LogP contribution in [-0.2, 0) is 4.79 Å². The van der Waals surface area contributed by atoms with E-state index >= 15 is 0 Å². The Bertz CT molecular complexity index is 955. The van der Waals surface area contributed by atoms with Crippen molar-refractivity contribution in [2.75, 3.05) is 13.1 Å². The van der Waals surface area contributed by atoms with E-state index in [1.807, 2.05) is 62.4 Å². The lowest BCUT2D eigenvalue weighted by Gasteiger charge is -2.38. The van der Waals surface area contributed by atoms with Gasteiger partial charge in [0.1, 0.15) is 0 Å². The Morgan fingerprint density at radius 2 is 1.86 bits per heavy atom. The Hall–Kier alpha value is -3.48. The molecular weight excluding hydrogens is 354 g/mol. The molecule has 28 heavy (non-hydrogen) atoms. The van der Waals surface area contributed by atoms with Crippen LogP contribution in [0.2, 0.25) is 0 Å². The normalized spacial score (nSPS) is 15.9. The van der Waals surface area contributed by atoms with Gasteiger partial charge in [-0.3, -0.25) is 9.59 Å². The second-order valence-corrected chi connectivity index (χ2v) is 7.47. The predicted molar refractivity (Wildman–Crippen MR) is 105 cm³/mol. The van der Waals surface area contributed by atoms with E-state index in [1.165, 1.54) is 0 Å². The number of amides is 2. The van der Waals surface area contributed by atoms with Crippen LogP contribution in [0.15, 0.2) is 60.8 Å². The number of nitrogens with zero attached hydrogens (tertiary/aromatic N) is 4. The molecule has 0 unspecified atom stereocenters. The summed E-state index contributed by atoms with van der Waals surface area (Å²) in [5.74, 6) is 0.184. The molecule has 0 atom stereocenters. The predicted octanol–water partition coefficient (Wildman–Crippen LogP) is 2.28. The van der Waals surface area contributed by atoms with Crippen LogP contribution in [0.5, 0.6) is 0 Å². The molecule has 0 spiro atoms. The molecule has 1 fully saturated rings. The van der Waals surface area contributed by atoms with E-state index in [2.05, 4.69) is 15.4 Å². The van der Waals surface area contributed by atoms with E-state index in [-0.39, 0.29) is 24.1 Å². The van der Waals surface area contributed by atoms with Crippen LogP contribution < -0.4 is 5.32 Å². The molecule has 2 amide bonds. The number of pyridine rings is 1. The number of hydrogen-bond acceptors (Lipinski definition) is 4. The Morgan fingerprint density at radius 1 is 1.11 bits per heavy atom. The smallest absolute Gasteiger partial charge is 0.274 e. The summed E-state index contributed by atoms with van der Waals surface area (Å²) in [5, 5.41) is 7.43. The van der Waals surface area contributed by atoms with E-state index in [4.69, 9.17) is 0 Å². The number of piperazine rings is 1. The highest BCUT2D eigenvalue weighted by molar-refractivity contribution is 5.96. The van der Waals surface area contributed by atoms with Gasteiger partial charge in [-0.1, -0.05) is 36.4 Å². The molecule has 1 aromatic carbocycles. The molecule has 7 nitrogen and oxygen atoms in total. The Balaban J connectivity index is 1.75. The molecule has 0 aliphatic carbocycles. The fourth-order valence-electron chi connectivity index (χ4n) is 3.42. The third kappa shape index (κ3) is 3.51. The first kappa shape index (κ1) is 17.9. The van der Waals surface area contributed by atoms with Crippen LogP contribution >= 0.6 is 0 Å². The number of rotatable bonds is 3. The zero-order valence-electron chi connectivity index (χ0n) is 15.8. The second kappa shape index (κ2) is 6.92. The number of hydrogen-bond donors (Lipinski definition) is 1. The number of carbonyl (C=O) groups is 2. The third-order valence-electron chi connectivity index (χ3n) is 4.55. The van der Waals surface area contributed by atoms with Gasteiger partial charge in [0.05, 0.1) is 17.8 Å². The van der Waals surface area contributed by atoms with Crippen LogP contribution in [0, 0.1) is 0 Å². The lowest BCUT2D eigenvalue weighted by Crippen LogP contribution is -2.61. The van der Waals surface area contributed by atoms with Crippen LogP contribution in [0.3, 0.4) is 0 Å². The maximum atomic E-state index is 13.1. The minimum Gasteiger partial charge on any atom is -0.348 e. The fraction of sp³-hybridized carbons (Fsp3) is 0.238. The number of benzene rings is 1. The summed E-state index contributed by atoms with van der Waals surface area (Å²) >= 11 is 0. The van der Waals surface area contributed by atoms with Crippen molar-refractivity contribution >= 4 is 11.8 Å². The van der Waals surface area contributed by atoms with Gasteiger partial charge in [0.2, 0.25) is 5.91 Å². The molecule has 4 rings (SSSR count). The molecule has 0 radical (unpaired) electrons. The summed E-state index contributed by atoms with van der Waals surface area (Å²) in [6, 6.07) is 17.0. The van der Waals surface area contributed by atoms with Crippen LogP contribution in [0.1, 0.15) is 24.3 Å². The molecule has 2 aromatic heterocycles. The average Bonchev–Trinajstić information content (AvgIpc) is 3.12. The van der Waals surface area contributed by atoms with Crippen molar-refractivity contribution in [3.05, 3.63) is 66.5 Å². The van der Waals surface area contributed by atoms with Crippen molar-refractivity contribution in [2.24, 2.45) is 0 Å². The van der Waals surface area contributed by atoms with Gasteiger partial charge in [0.15, 0.2) is 11.5 Å². The third-order valence-corrected chi connectivity index (χ3v) is 4.55. The highest BCUT2D eigenvalue weighted by Crippen LogP contribution is 2.24. The molecule has 1 N–H and O–H groups in total. The fourth-order valence-corrected chi connectivity index (χ4v) is 3.42. The van der Waals surface area contributed by atoms with E-state index in [0.29, 0.717) is 12.4 Å². The molecule has 7 heteroatoms. The highest BCUT2D eigenvalue weighted by atomic mass is 16.2. The van der Waals surface area contributed by atoms with Gasteiger partial charge in [-0.15, -0.1) is 0 Å². The number of aromatic nitrogens is 3. The van der Waals surface area contributed by atoms with Gasteiger partial charge in [0.25, 0.3) is 5.91 Å². The Labute approximate surface area is 163 Å². The first-order chi connectivity index (χ1) is 13.4. The highest BCUT2D eigenvalue weighted by Gasteiger charge is 2.34. The summed E-state index contributed by atoms with van der Waals surface area (Å²) in [4.78, 5) is 31.0. The average molecular weight is 375 g/mol. The number of nitrogens with one attached hydrogen (secondary N) is 1. The van der Waals surface area contributed by atoms with E-state index in [1.54, 1.807) is 21.8 Å². The summed E-state index contributed by atoms with van der Waals surface area (Å²) in [5.41, 5.74) is 1.51. The molecule has 3 heterocycles. The van der Waals surface area contributed by atoms with Gasteiger partial charge >= 0.3 is 0 Å². The van der Waals surface area contributed by atoms with Crippen molar-refractivity contribution in [2.45, 2.75) is 19.4 Å². The largest absolute Gasteiger partial charge is 0.348 e. The van der Waals surface area contributed by atoms with Crippen molar-refractivity contribution in [3.8, 4) is 17.1 Å². The van der Waals surface area contributed by atoms with Crippen molar-refractivity contribution in [3.63, 3.8) is 0 Å². The van der Waals surface area contributed by atoms with E-state index in [0.717, 1.165) is 11.3 Å². The van der Waals surface area contributed by atoms with Crippen LogP contribution in [0.25, 0.3) is 17.1 Å². The van der Waals surface area contributed by atoms with Gasteiger partial charge in [0, 0.05) is 18.3 Å². The lowest BCUT2D eigenvalue weighted by molar-refractivity contribution is -0.126. The topological polar surface area (TPSA) is 80.1 Å². The zero-order valence-corrected chi connectivity index (χ0v) is 15.8. The molecular formula is C21H21N5O2. The minimum absolute atomic E-state index is 0.0272. The van der Waals surface area contributed by atoms with Gasteiger partial charge < -0.3 is 10.2 Å².